The van der Waals surface area contributed by atoms with Crippen LogP contribution in [0.1, 0.15) is 83.3 Å². The smallest absolute Gasteiger partial charge is 0.373 e. The fourth-order valence-electron chi connectivity index (χ4n) is 4.40. The van der Waals surface area contributed by atoms with Gasteiger partial charge in [-0.2, -0.15) is 0 Å². The van der Waals surface area contributed by atoms with E-state index in [-0.39, 0.29) is 13.2 Å². The topological polar surface area (TPSA) is 89.5 Å². The van der Waals surface area contributed by atoms with Gasteiger partial charge in [0.15, 0.2) is 0 Å². The molecule has 0 unspecified atom stereocenters. The average Bonchev–Trinajstić information content (AvgIpc) is 2.89. The van der Waals surface area contributed by atoms with Crippen LogP contribution in [-0.4, -0.2) is 44.7 Å². The zero-order chi connectivity index (χ0) is 28.7. The summed E-state index contributed by atoms with van der Waals surface area (Å²) in [5, 5.41) is 0. The van der Waals surface area contributed by atoms with Crippen LogP contribution in [0.15, 0.2) is 0 Å². The maximum absolute atomic E-state index is 13.0. The lowest BCUT2D eigenvalue weighted by atomic mass is 9.90. The molecule has 0 radical (unpaired) electrons. The van der Waals surface area contributed by atoms with Crippen LogP contribution in [-0.2, 0) is 29.0 Å². The highest BCUT2D eigenvalue weighted by atomic mass is 17.3. The Morgan fingerprint density at radius 1 is 0.526 bits per heavy atom. The van der Waals surface area contributed by atoms with E-state index in [2.05, 4.69) is 0 Å². The van der Waals surface area contributed by atoms with Crippen molar-refractivity contribution in [3.63, 3.8) is 0 Å². The van der Waals surface area contributed by atoms with Gasteiger partial charge in [0.05, 0.1) is 24.3 Å². The summed E-state index contributed by atoms with van der Waals surface area (Å²) in [4.78, 5) is 46.9. The maximum Gasteiger partial charge on any atom is 0.373 e. The van der Waals surface area contributed by atoms with Crippen molar-refractivity contribution in [2.45, 2.75) is 82.5 Å². The van der Waals surface area contributed by atoms with Gasteiger partial charge in [-0.05, 0) is 132 Å². The highest BCUT2D eigenvalue weighted by molar-refractivity contribution is 5.94. The van der Waals surface area contributed by atoms with Crippen LogP contribution < -0.4 is 0 Å². The van der Waals surface area contributed by atoms with E-state index < -0.39 is 18.2 Å². The Labute approximate surface area is 226 Å². The summed E-state index contributed by atoms with van der Waals surface area (Å²) in [5.74, 6) is -1.34. The quantitative estimate of drug-likeness (QED) is 0.142. The third kappa shape index (κ3) is 6.99. The normalized spacial score (nSPS) is 11.3. The minimum atomic E-state index is -1.31. The van der Waals surface area contributed by atoms with E-state index in [1.807, 2.05) is 76.2 Å². The Kier molecular flexibility index (Phi) is 11.5. The van der Waals surface area contributed by atoms with Gasteiger partial charge in [0.2, 0.25) is 0 Å². The molecule has 0 aliphatic carbocycles. The van der Waals surface area contributed by atoms with Crippen molar-refractivity contribution in [2.24, 2.45) is 0 Å². The number of carbonyl (C=O) groups is 2. The predicted molar refractivity (Wildman–Crippen MR) is 144 cm³/mol. The van der Waals surface area contributed by atoms with Gasteiger partial charge in [0, 0.05) is 6.61 Å². The second-order valence-electron chi connectivity index (χ2n) is 9.64. The van der Waals surface area contributed by atoms with Crippen LogP contribution in [0.3, 0.4) is 0 Å². The molecule has 2 aromatic rings. The zero-order valence-electron chi connectivity index (χ0n) is 24.7. The zero-order valence-corrected chi connectivity index (χ0v) is 24.7. The minimum Gasteiger partial charge on any atom is -0.379 e. The van der Waals surface area contributed by atoms with Crippen LogP contribution in [0.2, 0.25) is 0 Å². The van der Waals surface area contributed by atoms with Gasteiger partial charge in [0.1, 0.15) is 6.61 Å². The standard InChI is InChI=1S/C30H42O8/c1-12-33-13-14-34-15-26(35-37-29(31)27-22(8)18(4)16(2)19(5)23(27)9)36-38-30(32)28-24(10)20(6)17(3)21(7)25(28)11/h26H,12-15H2,1-11H3. The summed E-state index contributed by atoms with van der Waals surface area (Å²) in [6.07, 6.45) is -1.31. The summed E-state index contributed by atoms with van der Waals surface area (Å²) in [5.41, 5.74) is 10.4. The monoisotopic (exact) mass is 530 g/mol. The van der Waals surface area contributed by atoms with Crippen LogP contribution in [0.25, 0.3) is 0 Å². The van der Waals surface area contributed by atoms with E-state index in [9.17, 15) is 9.59 Å². The Balaban J connectivity index is 2.18. The molecule has 210 valence electrons. The molecular weight excluding hydrogens is 488 g/mol. The van der Waals surface area contributed by atoms with E-state index in [1.165, 1.54) is 0 Å². The molecule has 0 saturated carbocycles. The third-order valence-corrected chi connectivity index (χ3v) is 7.70. The lowest BCUT2D eigenvalue weighted by molar-refractivity contribution is -0.427. The average molecular weight is 531 g/mol. The number of benzene rings is 2. The van der Waals surface area contributed by atoms with Crippen molar-refractivity contribution in [1.29, 1.82) is 0 Å². The highest BCUT2D eigenvalue weighted by Crippen LogP contribution is 2.28. The number of hydrogen-bond donors (Lipinski definition) is 0. The Hall–Kier alpha value is -2.78. The van der Waals surface area contributed by atoms with Crippen LogP contribution in [0.4, 0.5) is 0 Å². The first kappa shape index (κ1) is 31.4. The van der Waals surface area contributed by atoms with Crippen molar-refractivity contribution in [1.82, 2.24) is 0 Å². The highest BCUT2D eigenvalue weighted by Gasteiger charge is 2.25. The van der Waals surface area contributed by atoms with Crippen molar-refractivity contribution in [3.8, 4) is 0 Å². The maximum atomic E-state index is 13.0. The van der Waals surface area contributed by atoms with Crippen molar-refractivity contribution in [3.05, 3.63) is 66.8 Å². The van der Waals surface area contributed by atoms with Crippen LogP contribution in [0.5, 0.6) is 0 Å². The summed E-state index contributed by atoms with van der Waals surface area (Å²) in [7, 11) is 0. The van der Waals surface area contributed by atoms with E-state index in [0.29, 0.717) is 24.3 Å². The van der Waals surface area contributed by atoms with Gasteiger partial charge in [-0.1, -0.05) is 0 Å². The lowest BCUT2D eigenvalue weighted by Gasteiger charge is -2.20. The minimum absolute atomic E-state index is 0.165. The summed E-state index contributed by atoms with van der Waals surface area (Å²) in [6.45, 7) is 22.3. The predicted octanol–water partition coefficient (Wildman–Crippen LogP) is 6.03. The second-order valence-corrected chi connectivity index (χ2v) is 9.64. The molecule has 0 bridgehead atoms. The fourth-order valence-corrected chi connectivity index (χ4v) is 4.40. The van der Waals surface area contributed by atoms with Gasteiger partial charge in [0.25, 0.3) is 6.29 Å². The molecular formula is C30H42O8. The molecule has 8 heteroatoms. The van der Waals surface area contributed by atoms with Crippen molar-refractivity contribution >= 4 is 11.9 Å². The number of hydrogen-bond acceptors (Lipinski definition) is 8. The Morgan fingerprint density at radius 3 is 1.18 bits per heavy atom. The molecule has 0 fully saturated rings. The summed E-state index contributed by atoms with van der Waals surface area (Å²) < 4.78 is 10.8. The summed E-state index contributed by atoms with van der Waals surface area (Å²) in [6, 6.07) is 0. The second kappa shape index (κ2) is 13.8. The van der Waals surface area contributed by atoms with Gasteiger partial charge in [-0.15, -0.1) is 9.78 Å². The lowest BCUT2D eigenvalue weighted by Crippen LogP contribution is -2.28. The van der Waals surface area contributed by atoms with E-state index >= 15 is 0 Å². The van der Waals surface area contributed by atoms with Crippen LogP contribution in [0, 0.1) is 69.2 Å². The summed E-state index contributed by atoms with van der Waals surface area (Å²) >= 11 is 0. The number of carbonyl (C=O) groups excluding carboxylic acids is 2. The first-order valence-electron chi connectivity index (χ1n) is 12.9. The number of rotatable bonds is 12. The number of ether oxygens (including phenoxy) is 2. The molecule has 0 heterocycles. The van der Waals surface area contributed by atoms with Crippen molar-refractivity contribution < 1.29 is 38.6 Å². The third-order valence-electron chi connectivity index (χ3n) is 7.70. The van der Waals surface area contributed by atoms with Gasteiger partial charge in [-0.3, -0.25) is 9.78 Å². The van der Waals surface area contributed by atoms with E-state index in [0.717, 1.165) is 55.6 Å². The van der Waals surface area contributed by atoms with E-state index in [1.54, 1.807) is 0 Å². The molecule has 0 spiro atoms. The molecule has 8 nitrogen and oxygen atoms in total. The van der Waals surface area contributed by atoms with Crippen molar-refractivity contribution in [2.75, 3.05) is 26.4 Å². The molecule has 0 aromatic heterocycles. The van der Waals surface area contributed by atoms with Crippen LogP contribution >= 0.6 is 0 Å². The largest absolute Gasteiger partial charge is 0.379 e. The molecule has 0 aliphatic heterocycles. The van der Waals surface area contributed by atoms with Gasteiger partial charge < -0.3 is 9.47 Å². The van der Waals surface area contributed by atoms with E-state index in [4.69, 9.17) is 29.0 Å². The van der Waals surface area contributed by atoms with Gasteiger partial charge >= 0.3 is 11.9 Å². The molecule has 2 rings (SSSR count). The SMILES string of the molecule is CCOCCOCC(OOC(=O)c1c(C)c(C)c(C)c(C)c1C)OOC(=O)c1c(C)c(C)c(C)c(C)c1C. The first-order chi connectivity index (χ1) is 17.8. The molecule has 0 aliphatic rings. The molecule has 38 heavy (non-hydrogen) atoms. The molecule has 0 N–H and O–H groups in total. The first-order valence-corrected chi connectivity index (χ1v) is 12.9. The van der Waals surface area contributed by atoms with Gasteiger partial charge in [-0.25, -0.2) is 9.59 Å². The Morgan fingerprint density at radius 2 is 0.842 bits per heavy atom. The fraction of sp³-hybridized carbons (Fsp3) is 0.533. The molecule has 0 amide bonds. The molecule has 0 atom stereocenters. The molecule has 2 aromatic carbocycles. The molecule has 0 saturated heterocycles. The Bertz CT molecular complexity index is 1040.